The van der Waals surface area contributed by atoms with Crippen molar-refractivity contribution in [2.24, 2.45) is 5.92 Å². The van der Waals surface area contributed by atoms with Crippen molar-refractivity contribution in [3.63, 3.8) is 0 Å². The maximum Gasteiger partial charge on any atom is 0.327 e. The number of aryl methyl sites for hydroxylation is 1. The van der Waals surface area contributed by atoms with Crippen LogP contribution in [0.3, 0.4) is 0 Å². The highest BCUT2D eigenvalue weighted by molar-refractivity contribution is 8.01. The molecule has 2 aliphatic rings. The van der Waals surface area contributed by atoms with Crippen LogP contribution in [-0.4, -0.2) is 52.7 Å². The predicted molar refractivity (Wildman–Crippen MR) is 102 cm³/mol. The number of benzene rings is 1. The Hall–Kier alpha value is -2.06. The van der Waals surface area contributed by atoms with Crippen molar-refractivity contribution in [2.75, 3.05) is 0 Å². The van der Waals surface area contributed by atoms with Crippen molar-refractivity contribution >= 4 is 34.7 Å². The number of para-hydroxylation sites is 2. The summed E-state index contributed by atoms with van der Waals surface area (Å²) in [6.45, 7) is 6.40. The normalized spacial score (nSPS) is 27.5. The van der Waals surface area contributed by atoms with E-state index in [1.165, 1.54) is 16.7 Å². The quantitative estimate of drug-likeness (QED) is 0.762. The molecular formula is C19H23N3O4S. The Balaban J connectivity index is 1.70. The zero-order valence-corrected chi connectivity index (χ0v) is 16.3. The van der Waals surface area contributed by atoms with Gasteiger partial charge in [-0.05, 0) is 32.4 Å². The number of nitrogens with zero attached hydrogens (tertiary/aromatic N) is 3. The number of carboxylic acids is 1. The van der Waals surface area contributed by atoms with Gasteiger partial charge in [0.15, 0.2) is 0 Å². The van der Waals surface area contributed by atoms with Crippen LogP contribution in [-0.2, 0) is 16.1 Å². The Morgan fingerprint density at radius 3 is 2.74 bits per heavy atom. The number of carboxylic acid groups (broad SMARTS) is 1. The van der Waals surface area contributed by atoms with Gasteiger partial charge in [0.2, 0.25) is 5.91 Å². The van der Waals surface area contributed by atoms with E-state index < -0.39 is 28.8 Å². The fraction of sp³-hybridized carbons (Fsp3) is 0.526. The van der Waals surface area contributed by atoms with E-state index in [1.807, 2.05) is 49.6 Å². The number of hydrogen-bond donors (Lipinski definition) is 2. The molecule has 0 radical (unpaired) electrons. The highest BCUT2D eigenvalue weighted by Crippen LogP contribution is 2.56. The molecule has 2 saturated heterocycles. The Morgan fingerprint density at radius 2 is 2.07 bits per heavy atom. The Bertz CT molecular complexity index is 925. The highest BCUT2D eigenvalue weighted by Gasteiger charge is 2.65. The van der Waals surface area contributed by atoms with Gasteiger partial charge in [-0.3, -0.25) is 4.79 Å². The number of thioether (sulfide) groups is 1. The van der Waals surface area contributed by atoms with Gasteiger partial charge in [-0.1, -0.05) is 19.1 Å². The average molecular weight is 389 g/mol. The van der Waals surface area contributed by atoms with Crippen LogP contribution in [0.2, 0.25) is 0 Å². The summed E-state index contributed by atoms with van der Waals surface area (Å²) in [6.07, 6.45) is -0.189. The van der Waals surface area contributed by atoms with Crippen LogP contribution in [0.5, 0.6) is 0 Å². The van der Waals surface area contributed by atoms with Gasteiger partial charge in [-0.2, -0.15) is 0 Å². The second-order valence-corrected chi connectivity index (χ2v) is 9.45. The maximum absolute atomic E-state index is 12.8. The lowest BCUT2D eigenvalue weighted by atomic mass is 9.87. The number of imidazole rings is 1. The zero-order valence-electron chi connectivity index (χ0n) is 15.5. The molecule has 2 N–H and O–H groups in total. The molecule has 7 nitrogen and oxygen atoms in total. The molecule has 2 aromatic rings. The first kappa shape index (κ1) is 18.3. The van der Waals surface area contributed by atoms with Crippen LogP contribution in [0, 0.1) is 5.92 Å². The van der Waals surface area contributed by atoms with Gasteiger partial charge in [0.25, 0.3) is 0 Å². The van der Waals surface area contributed by atoms with Crippen molar-refractivity contribution in [3.05, 3.63) is 30.1 Å². The molecule has 3 heterocycles. The highest BCUT2D eigenvalue weighted by atomic mass is 32.2. The van der Waals surface area contributed by atoms with Gasteiger partial charge < -0.3 is 19.7 Å². The topological polar surface area (TPSA) is 95.7 Å². The number of carbonyl (C=O) groups is 2. The van der Waals surface area contributed by atoms with Gasteiger partial charge in [-0.25, -0.2) is 9.78 Å². The second-order valence-electron chi connectivity index (χ2n) is 7.68. The van der Waals surface area contributed by atoms with Crippen LogP contribution in [0.15, 0.2) is 24.3 Å². The van der Waals surface area contributed by atoms with Gasteiger partial charge >= 0.3 is 5.97 Å². The third kappa shape index (κ3) is 2.57. The Kier molecular flexibility index (Phi) is 4.23. The Morgan fingerprint density at radius 1 is 1.37 bits per heavy atom. The minimum atomic E-state index is -1.06. The fourth-order valence-corrected chi connectivity index (χ4v) is 5.99. The monoisotopic (exact) mass is 389 g/mol. The molecule has 0 bridgehead atoms. The summed E-state index contributed by atoms with van der Waals surface area (Å²) in [7, 11) is 0. The van der Waals surface area contributed by atoms with E-state index in [0.717, 1.165) is 17.5 Å². The minimum Gasteiger partial charge on any atom is -0.480 e. The van der Waals surface area contributed by atoms with Crippen molar-refractivity contribution in [1.29, 1.82) is 0 Å². The van der Waals surface area contributed by atoms with Gasteiger partial charge in [0.1, 0.15) is 23.9 Å². The molecule has 8 heteroatoms. The second kappa shape index (κ2) is 6.24. The number of amides is 1. The third-order valence-corrected chi connectivity index (χ3v) is 7.04. The number of fused-ring (bicyclic) bond motifs is 2. The fourth-order valence-electron chi connectivity index (χ4n) is 4.27. The van der Waals surface area contributed by atoms with Crippen LogP contribution in [0.25, 0.3) is 11.0 Å². The smallest absolute Gasteiger partial charge is 0.327 e. The number of β-lactam (4-membered cyclic amide) rings is 1. The molecule has 4 atom stereocenters. The summed E-state index contributed by atoms with van der Waals surface area (Å²) < 4.78 is 1.36. The molecule has 2 aliphatic heterocycles. The summed E-state index contributed by atoms with van der Waals surface area (Å²) in [5.74, 6) is -1.51. The molecule has 4 rings (SSSR count). The van der Waals surface area contributed by atoms with Gasteiger partial charge in [0.05, 0.1) is 16.4 Å². The summed E-state index contributed by atoms with van der Waals surface area (Å²) in [5.41, 5.74) is 1.71. The van der Waals surface area contributed by atoms with E-state index in [0.29, 0.717) is 12.4 Å². The molecule has 1 aromatic heterocycles. The first-order valence-corrected chi connectivity index (χ1v) is 10.0. The van der Waals surface area contributed by atoms with Crippen molar-refractivity contribution < 1.29 is 19.8 Å². The van der Waals surface area contributed by atoms with Crippen molar-refractivity contribution in [2.45, 2.75) is 56.0 Å². The molecule has 144 valence electrons. The molecule has 0 spiro atoms. The number of carbonyl (C=O) groups excluding carboxylic acids is 1. The summed E-state index contributed by atoms with van der Waals surface area (Å²) in [5, 5.41) is 20.3. The molecule has 0 unspecified atom stereocenters. The van der Waals surface area contributed by atoms with E-state index in [2.05, 4.69) is 4.98 Å². The number of aliphatic hydroxyl groups excluding tert-OH is 1. The maximum atomic E-state index is 12.8. The first-order valence-electron chi connectivity index (χ1n) is 9.14. The van der Waals surface area contributed by atoms with Crippen molar-refractivity contribution in [3.8, 4) is 0 Å². The van der Waals surface area contributed by atoms with E-state index >= 15 is 0 Å². The molecule has 0 saturated carbocycles. The van der Waals surface area contributed by atoms with E-state index in [1.54, 1.807) is 0 Å². The standard InChI is InChI=1S/C19H23N3O4S/c1-4-9-21-11-8-6-5-7-10(11)20-15(21)13(23)12-16(24)22-14(18(25)26)19(2,3)27-17(12)22/h5-8,12-14,17,23H,4,9H2,1-3H3,(H,25,26)/t12-,13+,14+,17-/m1/s1. The predicted octanol–water partition coefficient (Wildman–Crippen LogP) is 2.24. The molecule has 1 amide bonds. The van der Waals surface area contributed by atoms with Gasteiger partial charge in [-0.15, -0.1) is 11.8 Å². The van der Waals surface area contributed by atoms with Crippen LogP contribution >= 0.6 is 11.8 Å². The third-order valence-electron chi connectivity index (χ3n) is 5.45. The lowest BCUT2D eigenvalue weighted by Crippen LogP contribution is -2.64. The first-order chi connectivity index (χ1) is 12.8. The minimum absolute atomic E-state index is 0.312. The van der Waals surface area contributed by atoms with E-state index in [-0.39, 0.29) is 11.3 Å². The molecule has 0 aliphatic carbocycles. The molecule has 2 fully saturated rings. The van der Waals surface area contributed by atoms with E-state index in [4.69, 9.17) is 0 Å². The largest absolute Gasteiger partial charge is 0.480 e. The summed E-state index contributed by atoms with van der Waals surface area (Å²) in [6, 6.07) is 6.79. The number of aromatic nitrogens is 2. The van der Waals surface area contributed by atoms with E-state index in [9.17, 15) is 19.8 Å². The lowest BCUT2D eigenvalue weighted by Gasteiger charge is -2.45. The zero-order chi connectivity index (χ0) is 19.5. The van der Waals surface area contributed by atoms with Crippen LogP contribution in [0.1, 0.15) is 39.1 Å². The number of aliphatic hydroxyl groups is 1. The molecule has 1 aromatic carbocycles. The van der Waals surface area contributed by atoms with Crippen LogP contribution < -0.4 is 0 Å². The number of rotatable bonds is 5. The molecule has 27 heavy (non-hydrogen) atoms. The average Bonchev–Trinajstić information content (AvgIpc) is 3.08. The van der Waals surface area contributed by atoms with Crippen molar-refractivity contribution in [1.82, 2.24) is 14.5 Å². The van der Waals surface area contributed by atoms with Crippen LogP contribution in [0.4, 0.5) is 0 Å². The molecular weight excluding hydrogens is 366 g/mol. The number of hydrogen-bond acceptors (Lipinski definition) is 5. The number of aliphatic carboxylic acids is 1. The Labute approximate surface area is 161 Å². The SMILES string of the molecule is CCCn1c([C@@H](O)[C@@H]2C(=O)N3[C@@H]2SC(C)(C)[C@@H]3C(=O)O)nc2ccccc21. The summed E-state index contributed by atoms with van der Waals surface area (Å²) >= 11 is 1.44. The lowest BCUT2D eigenvalue weighted by molar-refractivity contribution is -0.169. The van der Waals surface area contributed by atoms with Gasteiger partial charge in [0, 0.05) is 11.3 Å². The summed E-state index contributed by atoms with van der Waals surface area (Å²) in [4.78, 5) is 30.5.